The number of hydrogen-bond acceptors (Lipinski definition) is 2. The molecule has 2 rings (SSSR count). The second-order valence-electron chi connectivity index (χ2n) is 4.25. The Bertz CT molecular complexity index is 370. The van der Waals surface area contributed by atoms with Crippen LogP contribution in [0, 0.1) is 0 Å². The van der Waals surface area contributed by atoms with E-state index in [9.17, 15) is 9.90 Å². The summed E-state index contributed by atoms with van der Waals surface area (Å²) in [4.78, 5) is 13.8. The minimum absolute atomic E-state index is 0.126. The van der Waals surface area contributed by atoms with Gasteiger partial charge in [0.2, 0.25) is 5.91 Å². The zero-order valence-electron chi connectivity index (χ0n) is 9.35. The standard InChI is InChI=1S/C13H17NO2/c15-12-7-3-2-6-11(12)10-13(16)14-8-4-1-5-9-14/h2-3,6-7,15H,1,4-5,8-10H2. The zero-order valence-corrected chi connectivity index (χ0v) is 9.35. The predicted molar refractivity (Wildman–Crippen MR) is 62.2 cm³/mol. The van der Waals surface area contributed by atoms with Gasteiger partial charge in [-0.25, -0.2) is 0 Å². The number of carbonyl (C=O) groups excluding carboxylic acids is 1. The van der Waals surface area contributed by atoms with Crippen LogP contribution in [0.25, 0.3) is 0 Å². The molecule has 0 radical (unpaired) electrons. The molecule has 0 aromatic heterocycles. The molecule has 0 spiro atoms. The van der Waals surface area contributed by atoms with E-state index in [0.717, 1.165) is 31.5 Å². The highest BCUT2D eigenvalue weighted by Gasteiger charge is 2.17. The summed E-state index contributed by atoms with van der Waals surface area (Å²) in [7, 11) is 0. The third-order valence-corrected chi connectivity index (χ3v) is 3.04. The lowest BCUT2D eigenvalue weighted by molar-refractivity contribution is -0.131. The number of rotatable bonds is 2. The molecule has 0 atom stereocenters. The van der Waals surface area contributed by atoms with Gasteiger partial charge in [0.05, 0.1) is 6.42 Å². The van der Waals surface area contributed by atoms with Crippen molar-refractivity contribution in [1.82, 2.24) is 4.90 Å². The fraction of sp³-hybridized carbons (Fsp3) is 0.462. The van der Waals surface area contributed by atoms with Crippen LogP contribution in [0.3, 0.4) is 0 Å². The first-order valence-corrected chi connectivity index (χ1v) is 5.82. The van der Waals surface area contributed by atoms with E-state index in [1.54, 1.807) is 18.2 Å². The Labute approximate surface area is 95.7 Å². The Morgan fingerprint density at radius 3 is 2.56 bits per heavy atom. The molecule has 0 bridgehead atoms. The highest BCUT2D eigenvalue weighted by Crippen LogP contribution is 2.18. The van der Waals surface area contributed by atoms with Gasteiger partial charge in [0.15, 0.2) is 0 Å². The Balaban J connectivity index is 1.99. The number of para-hydroxylation sites is 1. The lowest BCUT2D eigenvalue weighted by Gasteiger charge is -2.26. The molecule has 3 nitrogen and oxygen atoms in total. The molecule has 1 aliphatic rings. The van der Waals surface area contributed by atoms with Gasteiger partial charge >= 0.3 is 0 Å². The molecule has 86 valence electrons. The van der Waals surface area contributed by atoms with Crippen LogP contribution < -0.4 is 0 Å². The van der Waals surface area contributed by atoms with Gasteiger partial charge in [-0.3, -0.25) is 4.79 Å². The van der Waals surface area contributed by atoms with Gasteiger partial charge in [-0.05, 0) is 25.3 Å². The van der Waals surface area contributed by atoms with Gasteiger partial charge in [-0.1, -0.05) is 18.2 Å². The van der Waals surface area contributed by atoms with Crippen LogP contribution in [0.4, 0.5) is 0 Å². The summed E-state index contributed by atoms with van der Waals surface area (Å²) in [6.45, 7) is 1.73. The average molecular weight is 219 g/mol. The Hall–Kier alpha value is -1.51. The molecule has 1 aromatic rings. The smallest absolute Gasteiger partial charge is 0.227 e. The fourth-order valence-corrected chi connectivity index (χ4v) is 2.08. The van der Waals surface area contributed by atoms with Crippen molar-refractivity contribution in [1.29, 1.82) is 0 Å². The third-order valence-electron chi connectivity index (χ3n) is 3.04. The van der Waals surface area contributed by atoms with Crippen LogP contribution in [0.1, 0.15) is 24.8 Å². The molecule has 1 heterocycles. The Kier molecular flexibility index (Phi) is 3.44. The summed E-state index contributed by atoms with van der Waals surface area (Å²) in [6, 6.07) is 7.04. The fourth-order valence-electron chi connectivity index (χ4n) is 2.08. The number of phenolic OH excluding ortho intramolecular Hbond substituents is 1. The number of benzene rings is 1. The number of nitrogens with zero attached hydrogens (tertiary/aromatic N) is 1. The van der Waals surface area contributed by atoms with Crippen LogP contribution in [0.2, 0.25) is 0 Å². The van der Waals surface area contributed by atoms with Gasteiger partial charge in [0.25, 0.3) is 0 Å². The molecule has 1 fully saturated rings. The van der Waals surface area contributed by atoms with Gasteiger partial charge < -0.3 is 10.0 Å². The molecular weight excluding hydrogens is 202 g/mol. The van der Waals surface area contributed by atoms with Crippen LogP contribution in [0.15, 0.2) is 24.3 Å². The van der Waals surface area contributed by atoms with E-state index in [0.29, 0.717) is 6.42 Å². The molecule has 1 aromatic carbocycles. The number of amides is 1. The van der Waals surface area contributed by atoms with Crippen molar-refractivity contribution in [3.63, 3.8) is 0 Å². The summed E-state index contributed by atoms with van der Waals surface area (Å²) in [6.07, 6.45) is 3.74. The van der Waals surface area contributed by atoms with Crippen LogP contribution in [-0.2, 0) is 11.2 Å². The lowest BCUT2D eigenvalue weighted by Crippen LogP contribution is -2.36. The molecule has 16 heavy (non-hydrogen) atoms. The van der Waals surface area contributed by atoms with E-state index >= 15 is 0 Å². The molecular formula is C13H17NO2. The van der Waals surface area contributed by atoms with E-state index in [1.165, 1.54) is 6.42 Å². The summed E-state index contributed by atoms with van der Waals surface area (Å²) in [5.74, 6) is 0.342. The minimum atomic E-state index is 0.126. The summed E-state index contributed by atoms with van der Waals surface area (Å²) in [5, 5.41) is 9.59. The number of piperidine rings is 1. The van der Waals surface area contributed by atoms with Crippen LogP contribution in [-0.4, -0.2) is 29.0 Å². The maximum absolute atomic E-state index is 11.9. The second-order valence-corrected chi connectivity index (χ2v) is 4.25. The van der Waals surface area contributed by atoms with Crippen molar-refractivity contribution in [3.05, 3.63) is 29.8 Å². The maximum Gasteiger partial charge on any atom is 0.227 e. The summed E-state index contributed by atoms with van der Waals surface area (Å²) >= 11 is 0. The van der Waals surface area contributed by atoms with Crippen molar-refractivity contribution < 1.29 is 9.90 Å². The summed E-state index contributed by atoms with van der Waals surface area (Å²) in [5.41, 5.74) is 0.720. The van der Waals surface area contributed by atoms with Crippen LogP contribution in [0.5, 0.6) is 5.75 Å². The maximum atomic E-state index is 11.9. The Morgan fingerprint density at radius 1 is 1.19 bits per heavy atom. The number of hydrogen-bond donors (Lipinski definition) is 1. The van der Waals surface area contributed by atoms with E-state index < -0.39 is 0 Å². The first-order valence-electron chi connectivity index (χ1n) is 5.82. The molecule has 0 saturated carbocycles. The molecule has 0 aliphatic carbocycles. The van der Waals surface area contributed by atoms with E-state index in [1.807, 2.05) is 11.0 Å². The first-order chi connectivity index (χ1) is 7.77. The van der Waals surface area contributed by atoms with Crippen molar-refractivity contribution >= 4 is 5.91 Å². The van der Waals surface area contributed by atoms with Crippen molar-refractivity contribution in [2.75, 3.05) is 13.1 Å². The number of aromatic hydroxyl groups is 1. The largest absolute Gasteiger partial charge is 0.508 e. The molecule has 3 heteroatoms. The molecule has 1 saturated heterocycles. The zero-order chi connectivity index (χ0) is 11.4. The molecule has 1 aliphatic heterocycles. The molecule has 0 unspecified atom stereocenters. The molecule has 1 N–H and O–H groups in total. The second kappa shape index (κ2) is 5.01. The van der Waals surface area contributed by atoms with Gasteiger partial charge in [-0.15, -0.1) is 0 Å². The Morgan fingerprint density at radius 2 is 1.88 bits per heavy atom. The molecule has 1 amide bonds. The lowest BCUT2D eigenvalue weighted by atomic mass is 10.1. The number of carbonyl (C=O) groups is 1. The van der Waals surface area contributed by atoms with Gasteiger partial charge in [0, 0.05) is 18.7 Å². The van der Waals surface area contributed by atoms with Gasteiger partial charge in [0.1, 0.15) is 5.75 Å². The minimum Gasteiger partial charge on any atom is -0.508 e. The number of likely N-dealkylation sites (tertiary alicyclic amines) is 1. The van der Waals surface area contributed by atoms with E-state index in [-0.39, 0.29) is 11.7 Å². The van der Waals surface area contributed by atoms with Crippen molar-refractivity contribution in [3.8, 4) is 5.75 Å². The average Bonchev–Trinajstić information content (AvgIpc) is 2.33. The third kappa shape index (κ3) is 2.54. The van der Waals surface area contributed by atoms with Crippen LogP contribution >= 0.6 is 0 Å². The van der Waals surface area contributed by atoms with Gasteiger partial charge in [-0.2, -0.15) is 0 Å². The van der Waals surface area contributed by atoms with Crippen molar-refractivity contribution in [2.24, 2.45) is 0 Å². The van der Waals surface area contributed by atoms with Crippen molar-refractivity contribution in [2.45, 2.75) is 25.7 Å². The van der Waals surface area contributed by atoms with E-state index in [4.69, 9.17) is 0 Å². The quantitative estimate of drug-likeness (QED) is 0.825. The normalized spacial score (nSPS) is 16.1. The highest BCUT2D eigenvalue weighted by molar-refractivity contribution is 5.79. The van der Waals surface area contributed by atoms with E-state index in [2.05, 4.69) is 0 Å². The SMILES string of the molecule is O=C(Cc1ccccc1O)N1CCCCC1. The number of phenols is 1. The summed E-state index contributed by atoms with van der Waals surface area (Å²) < 4.78 is 0. The predicted octanol–water partition coefficient (Wildman–Crippen LogP) is 1.95. The topological polar surface area (TPSA) is 40.5 Å². The highest BCUT2D eigenvalue weighted by atomic mass is 16.3. The monoisotopic (exact) mass is 219 g/mol. The first kappa shape index (κ1) is 11.0.